The lowest BCUT2D eigenvalue weighted by molar-refractivity contribution is -0.0363. The van der Waals surface area contributed by atoms with E-state index in [0.717, 1.165) is 46.0 Å². The van der Waals surface area contributed by atoms with Gasteiger partial charge >= 0.3 is 0 Å². The standard InChI is InChI=1S/C32H33N7/c33-24-14-16-32(17-15-24)20-38(21-32)19-22-8-10-25(11-9-22)39-30(26-7-4-18-35-29(26)34)37-28-13-12-27(36-31(28)39)23-5-2-1-3-6-23/h1-13,18,24H,14-17,19-21,33H2,(H2,34,35). The highest BCUT2D eigenvalue weighted by atomic mass is 15.2. The van der Waals surface area contributed by atoms with Gasteiger partial charge in [-0.05, 0) is 73.1 Å². The van der Waals surface area contributed by atoms with Crippen molar-refractivity contribution in [3.63, 3.8) is 0 Å². The van der Waals surface area contributed by atoms with E-state index in [0.29, 0.717) is 17.3 Å². The van der Waals surface area contributed by atoms with Crippen LogP contribution in [0.1, 0.15) is 31.2 Å². The molecule has 1 saturated heterocycles. The molecular weight excluding hydrogens is 482 g/mol. The summed E-state index contributed by atoms with van der Waals surface area (Å²) in [5.74, 6) is 1.19. The van der Waals surface area contributed by atoms with Gasteiger partial charge in [-0.2, -0.15) is 0 Å². The predicted octanol–water partition coefficient (Wildman–Crippen LogP) is 5.44. The third kappa shape index (κ3) is 4.47. The second-order valence-electron chi connectivity index (χ2n) is 11.3. The zero-order valence-corrected chi connectivity index (χ0v) is 22.0. The molecule has 0 radical (unpaired) electrons. The van der Waals surface area contributed by atoms with Gasteiger partial charge in [-0.25, -0.2) is 15.0 Å². The summed E-state index contributed by atoms with van der Waals surface area (Å²) in [7, 11) is 0. The number of likely N-dealkylation sites (tertiary alicyclic amines) is 1. The zero-order valence-electron chi connectivity index (χ0n) is 22.0. The molecule has 0 bridgehead atoms. The summed E-state index contributed by atoms with van der Waals surface area (Å²) in [5.41, 5.74) is 19.6. The number of imidazole rings is 1. The molecule has 4 heterocycles. The van der Waals surface area contributed by atoms with Crippen molar-refractivity contribution in [3.05, 3.63) is 90.6 Å². The number of rotatable bonds is 5. The fourth-order valence-corrected chi connectivity index (χ4v) is 6.35. The van der Waals surface area contributed by atoms with Gasteiger partial charge in [0.15, 0.2) is 11.5 Å². The van der Waals surface area contributed by atoms with Crippen LogP contribution in [-0.2, 0) is 6.54 Å². The van der Waals surface area contributed by atoms with Crippen molar-refractivity contribution in [3.8, 4) is 28.3 Å². The minimum Gasteiger partial charge on any atom is -0.383 e. The fraction of sp³-hybridized carbons (Fsp3) is 0.281. The summed E-state index contributed by atoms with van der Waals surface area (Å²) >= 11 is 0. The Morgan fingerprint density at radius 1 is 0.846 bits per heavy atom. The molecule has 3 aromatic heterocycles. The summed E-state index contributed by atoms with van der Waals surface area (Å²) < 4.78 is 2.10. The molecular formula is C32H33N7. The molecule has 196 valence electrons. The van der Waals surface area contributed by atoms with E-state index in [1.54, 1.807) is 6.20 Å². The molecule has 5 aromatic rings. The second-order valence-corrected chi connectivity index (χ2v) is 11.3. The van der Waals surface area contributed by atoms with Crippen molar-refractivity contribution in [2.24, 2.45) is 11.1 Å². The summed E-state index contributed by atoms with van der Waals surface area (Å²) in [6.45, 7) is 3.34. The van der Waals surface area contributed by atoms with Crippen molar-refractivity contribution in [1.29, 1.82) is 0 Å². The number of hydrogen-bond donors (Lipinski definition) is 2. The number of fused-ring (bicyclic) bond motifs is 1. The highest BCUT2D eigenvalue weighted by molar-refractivity contribution is 5.84. The molecule has 2 fully saturated rings. The number of benzene rings is 2. The van der Waals surface area contributed by atoms with Crippen LogP contribution in [0.3, 0.4) is 0 Å². The number of anilines is 1. The summed E-state index contributed by atoms with van der Waals surface area (Å²) in [5, 5.41) is 0. The van der Waals surface area contributed by atoms with Gasteiger partial charge in [-0.15, -0.1) is 0 Å². The van der Waals surface area contributed by atoms with Gasteiger partial charge in [-0.1, -0.05) is 42.5 Å². The Hall–Kier alpha value is -4.07. The van der Waals surface area contributed by atoms with E-state index in [1.165, 1.54) is 44.3 Å². The number of nitrogens with zero attached hydrogens (tertiary/aromatic N) is 5. The number of nitrogens with two attached hydrogens (primary N) is 2. The van der Waals surface area contributed by atoms with E-state index in [-0.39, 0.29) is 0 Å². The Morgan fingerprint density at radius 3 is 2.36 bits per heavy atom. The third-order valence-electron chi connectivity index (χ3n) is 8.46. The first kappa shape index (κ1) is 24.0. The lowest BCUT2D eigenvalue weighted by Gasteiger charge is -2.53. The number of hydrogen-bond acceptors (Lipinski definition) is 6. The Morgan fingerprint density at radius 2 is 1.62 bits per heavy atom. The average Bonchev–Trinajstić information content (AvgIpc) is 3.33. The first-order chi connectivity index (χ1) is 19.1. The largest absolute Gasteiger partial charge is 0.383 e. The van der Waals surface area contributed by atoms with Crippen molar-refractivity contribution < 1.29 is 0 Å². The Balaban J connectivity index is 1.22. The molecule has 7 rings (SSSR count). The van der Waals surface area contributed by atoms with Gasteiger partial charge in [-0.3, -0.25) is 9.47 Å². The van der Waals surface area contributed by atoms with Crippen LogP contribution in [0.4, 0.5) is 5.82 Å². The fourth-order valence-electron chi connectivity index (χ4n) is 6.35. The van der Waals surface area contributed by atoms with Crippen LogP contribution in [0.15, 0.2) is 85.1 Å². The van der Waals surface area contributed by atoms with Gasteiger partial charge in [0, 0.05) is 43.1 Å². The summed E-state index contributed by atoms with van der Waals surface area (Å²) in [6.07, 6.45) is 6.59. The highest BCUT2D eigenvalue weighted by Crippen LogP contribution is 2.44. The minimum absolute atomic E-state index is 0.404. The Kier molecular flexibility index (Phi) is 5.90. The molecule has 1 spiro atoms. The van der Waals surface area contributed by atoms with E-state index < -0.39 is 0 Å². The van der Waals surface area contributed by atoms with Crippen molar-refractivity contribution >= 4 is 17.0 Å². The molecule has 0 atom stereocenters. The van der Waals surface area contributed by atoms with Crippen molar-refractivity contribution in [1.82, 2.24) is 24.4 Å². The topological polar surface area (TPSA) is 98.9 Å². The van der Waals surface area contributed by atoms with Gasteiger partial charge in [0.05, 0.1) is 11.3 Å². The van der Waals surface area contributed by atoms with Crippen LogP contribution in [0.25, 0.3) is 39.5 Å². The van der Waals surface area contributed by atoms with Crippen LogP contribution in [0, 0.1) is 5.41 Å². The number of nitrogen functional groups attached to an aromatic ring is 1. The second kappa shape index (κ2) is 9.59. The first-order valence-electron chi connectivity index (χ1n) is 13.8. The normalized spacial score (nSPS) is 17.5. The molecule has 2 aliphatic rings. The maximum absolute atomic E-state index is 6.31. The average molecular weight is 516 g/mol. The van der Waals surface area contributed by atoms with Crippen LogP contribution in [0.5, 0.6) is 0 Å². The minimum atomic E-state index is 0.404. The molecule has 2 aromatic carbocycles. The van der Waals surface area contributed by atoms with E-state index in [4.69, 9.17) is 21.4 Å². The molecule has 1 aliphatic heterocycles. The molecule has 39 heavy (non-hydrogen) atoms. The van der Waals surface area contributed by atoms with Crippen molar-refractivity contribution in [2.45, 2.75) is 38.3 Å². The maximum Gasteiger partial charge on any atom is 0.165 e. The van der Waals surface area contributed by atoms with E-state index in [1.807, 2.05) is 42.5 Å². The van der Waals surface area contributed by atoms with Gasteiger partial charge in [0.25, 0.3) is 0 Å². The maximum atomic E-state index is 6.31. The molecule has 4 N–H and O–H groups in total. The SMILES string of the molecule is Nc1ncccc1-c1nc2ccc(-c3ccccc3)nc2n1-c1ccc(CN2CC3(CCC(N)CC3)C2)cc1. The molecule has 0 amide bonds. The Labute approximate surface area is 228 Å². The summed E-state index contributed by atoms with van der Waals surface area (Å²) in [4.78, 5) is 16.9. The van der Waals surface area contributed by atoms with Gasteiger partial charge < -0.3 is 11.5 Å². The Bertz CT molecular complexity index is 1610. The monoisotopic (exact) mass is 515 g/mol. The lowest BCUT2D eigenvalue weighted by atomic mass is 9.67. The van der Waals surface area contributed by atoms with E-state index >= 15 is 0 Å². The molecule has 1 saturated carbocycles. The van der Waals surface area contributed by atoms with Crippen LogP contribution < -0.4 is 11.5 Å². The first-order valence-corrected chi connectivity index (χ1v) is 13.8. The smallest absolute Gasteiger partial charge is 0.165 e. The van der Waals surface area contributed by atoms with Gasteiger partial charge in [0.2, 0.25) is 0 Å². The van der Waals surface area contributed by atoms with Crippen LogP contribution >= 0.6 is 0 Å². The predicted molar refractivity (Wildman–Crippen MR) is 156 cm³/mol. The van der Waals surface area contributed by atoms with Crippen molar-refractivity contribution in [2.75, 3.05) is 18.8 Å². The summed E-state index contributed by atoms with van der Waals surface area (Å²) in [6, 6.07) is 27.3. The number of aromatic nitrogens is 4. The molecule has 7 nitrogen and oxygen atoms in total. The molecule has 0 unspecified atom stereocenters. The van der Waals surface area contributed by atoms with Crippen LogP contribution in [-0.4, -0.2) is 43.6 Å². The highest BCUT2D eigenvalue weighted by Gasteiger charge is 2.44. The van der Waals surface area contributed by atoms with Gasteiger partial charge in [0.1, 0.15) is 11.3 Å². The zero-order chi connectivity index (χ0) is 26.4. The van der Waals surface area contributed by atoms with Crippen LogP contribution in [0.2, 0.25) is 0 Å². The third-order valence-corrected chi connectivity index (χ3v) is 8.46. The van der Waals surface area contributed by atoms with E-state index in [2.05, 4.69) is 50.8 Å². The molecule has 1 aliphatic carbocycles. The molecule has 7 heteroatoms. The quantitative estimate of drug-likeness (QED) is 0.324. The van der Waals surface area contributed by atoms with E-state index in [9.17, 15) is 0 Å². The lowest BCUT2D eigenvalue weighted by Crippen LogP contribution is -2.57. The number of pyridine rings is 2.